The minimum absolute atomic E-state index is 0.0742. The number of hydrogen-bond donors (Lipinski definition) is 2. The number of halogens is 3. The average Bonchev–Trinajstić information content (AvgIpc) is 3.05. The number of nitrogens with one attached hydrogen (secondary N) is 1. The summed E-state index contributed by atoms with van der Waals surface area (Å²) in [4.78, 5) is 15.6. The summed E-state index contributed by atoms with van der Waals surface area (Å²) in [5.74, 6) is -1.42. The summed E-state index contributed by atoms with van der Waals surface area (Å²) in [6, 6.07) is 0. The minimum Gasteiger partial charge on any atom is -0.374 e. The van der Waals surface area contributed by atoms with Gasteiger partial charge in [-0.1, -0.05) is 19.8 Å². The minimum atomic E-state index is -5.00. The Bertz CT molecular complexity index is 565. The number of hydrogen-bond acceptors (Lipinski definition) is 3. The molecule has 8 heteroatoms. The zero-order chi connectivity index (χ0) is 17.3. The van der Waals surface area contributed by atoms with Crippen LogP contribution < -0.4 is 5.32 Å². The molecule has 0 aromatic carbocycles. The van der Waals surface area contributed by atoms with E-state index in [4.69, 9.17) is 0 Å². The number of carbonyl (C=O) groups excluding carboxylic acids is 1. The van der Waals surface area contributed by atoms with Crippen molar-refractivity contribution >= 4 is 5.91 Å². The molecule has 0 spiro atoms. The summed E-state index contributed by atoms with van der Waals surface area (Å²) in [5, 5.41) is 12.7. The van der Waals surface area contributed by atoms with Crippen molar-refractivity contribution < 1.29 is 23.1 Å². The highest BCUT2D eigenvalue weighted by molar-refractivity contribution is 5.77. The Labute approximate surface area is 132 Å². The summed E-state index contributed by atoms with van der Waals surface area (Å²) in [5.41, 5.74) is -3.37. The predicted octanol–water partition coefficient (Wildman–Crippen LogP) is 2.26. The van der Waals surface area contributed by atoms with Gasteiger partial charge >= 0.3 is 6.18 Å². The molecule has 0 aliphatic heterocycles. The molecule has 1 aliphatic carbocycles. The molecular formula is C15H22F3N3O2. The van der Waals surface area contributed by atoms with E-state index in [0.717, 1.165) is 36.4 Å². The van der Waals surface area contributed by atoms with E-state index in [9.17, 15) is 23.1 Å². The van der Waals surface area contributed by atoms with Crippen molar-refractivity contribution in [2.45, 2.75) is 50.8 Å². The summed E-state index contributed by atoms with van der Waals surface area (Å²) < 4.78 is 41.1. The highest BCUT2D eigenvalue weighted by atomic mass is 19.4. The van der Waals surface area contributed by atoms with Gasteiger partial charge in [0.25, 0.3) is 0 Å². The third-order valence-corrected chi connectivity index (χ3v) is 4.60. The van der Waals surface area contributed by atoms with E-state index in [0.29, 0.717) is 6.54 Å². The maximum Gasteiger partial charge on any atom is 0.425 e. The molecule has 0 saturated heterocycles. The standard InChI is InChI=1S/C15H22F3N3O2/c1-13(5-3-4-6-13)10-20-11(22)9-14(23,15(16,17)18)12-19-7-8-21(12)2/h7-8,23H,3-6,9-10H2,1-2H3,(H,20,22). The normalized spacial score (nSPS) is 20.3. The molecule has 1 atom stereocenters. The smallest absolute Gasteiger partial charge is 0.374 e. The van der Waals surface area contributed by atoms with Crippen molar-refractivity contribution in [3.05, 3.63) is 18.2 Å². The zero-order valence-corrected chi connectivity index (χ0v) is 13.3. The maximum absolute atomic E-state index is 13.3. The fourth-order valence-corrected chi connectivity index (χ4v) is 3.08. The lowest BCUT2D eigenvalue weighted by Gasteiger charge is -2.30. The van der Waals surface area contributed by atoms with Gasteiger partial charge in [0.2, 0.25) is 11.5 Å². The van der Waals surface area contributed by atoms with Gasteiger partial charge in [0.15, 0.2) is 5.82 Å². The van der Waals surface area contributed by atoms with Crippen LogP contribution in [-0.4, -0.2) is 33.3 Å². The fraction of sp³-hybridized carbons (Fsp3) is 0.733. The van der Waals surface area contributed by atoms with Crippen molar-refractivity contribution in [3.63, 3.8) is 0 Å². The van der Waals surface area contributed by atoms with E-state index in [2.05, 4.69) is 10.3 Å². The van der Waals surface area contributed by atoms with Crippen molar-refractivity contribution in [1.82, 2.24) is 14.9 Å². The Morgan fingerprint density at radius 2 is 2.04 bits per heavy atom. The summed E-state index contributed by atoms with van der Waals surface area (Å²) >= 11 is 0. The second kappa shape index (κ2) is 6.14. The van der Waals surface area contributed by atoms with Crippen molar-refractivity contribution in [1.29, 1.82) is 0 Å². The molecule has 0 bridgehead atoms. The van der Waals surface area contributed by atoms with E-state index in [1.807, 2.05) is 6.92 Å². The van der Waals surface area contributed by atoms with Crippen LogP contribution in [0.3, 0.4) is 0 Å². The van der Waals surface area contributed by atoms with E-state index in [1.54, 1.807) is 0 Å². The highest BCUT2D eigenvalue weighted by Gasteiger charge is 2.58. The Morgan fingerprint density at radius 1 is 1.43 bits per heavy atom. The van der Waals surface area contributed by atoms with E-state index in [1.165, 1.54) is 13.2 Å². The predicted molar refractivity (Wildman–Crippen MR) is 77.4 cm³/mol. The van der Waals surface area contributed by atoms with Gasteiger partial charge in [0.05, 0.1) is 6.42 Å². The number of alkyl halides is 3. The molecule has 23 heavy (non-hydrogen) atoms. The van der Waals surface area contributed by atoms with Crippen molar-refractivity contribution in [2.75, 3.05) is 6.54 Å². The Hall–Kier alpha value is -1.57. The fourth-order valence-electron chi connectivity index (χ4n) is 3.08. The van der Waals surface area contributed by atoms with Gasteiger partial charge in [-0.15, -0.1) is 0 Å². The molecule has 5 nitrogen and oxygen atoms in total. The molecule has 130 valence electrons. The van der Waals surface area contributed by atoms with Crippen LogP contribution in [0, 0.1) is 5.41 Å². The molecule has 1 amide bonds. The molecule has 1 aliphatic rings. The van der Waals surface area contributed by atoms with Gasteiger partial charge in [0, 0.05) is 26.0 Å². The SMILES string of the molecule is Cn1ccnc1C(O)(CC(=O)NCC1(C)CCCC1)C(F)(F)F. The molecule has 1 unspecified atom stereocenters. The molecule has 1 saturated carbocycles. The van der Waals surface area contributed by atoms with E-state index in [-0.39, 0.29) is 5.41 Å². The van der Waals surface area contributed by atoms with Crippen LogP contribution in [0.15, 0.2) is 12.4 Å². The van der Waals surface area contributed by atoms with Gasteiger partial charge in [-0.05, 0) is 18.3 Å². The first-order chi connectivity index (χ1) is 10.6. The first-order valence-electron chi connectivity index (χ1n) is 7.61. The largest absolute Gasteiger partial charge is 0.425 e. The number of imidazole rings is 1. The first kappa shape index (κ1) is 17.8. The number of aromatic nitrogens is 2. The number of nitrogens with zero attached hydrogens (tertiary/aromatic N) is 2. The summed E-state index contributed by atoms with van der Waals surface area (Å²) in [7, 11) is 1.34. The topological polar surface area (TPSA) is 67.1 Å². The highest BCUT2D eigenvalue weighted by Crippen LogP contribution is 2.41. The Morgan fingerprint density at radius 3 is 2.52 bits per heavy atom. The van der Waals surface area contributed by atoms with E-state index >= 15 is 0 Å². The van der Waals surface area contributed by atoms with Crippen LogP contribution >= 0.6 is 0 Å². The van der Waals surface area contributed by atoms with Gasteiger partial charge in [-0.2, -0.15) is 13.2 Å². The van der Waals surface area contributed by atoms with Crippen LogP contribution in [0.1, 0.15) is 44.9 Å². The lowest BCUT2D eigenvalue weighted by molar-refractivity contribution is -0.271. The average molecular weight is 333 g/mol. The van der Waals surface area contributed by atoms with Crippen LogP contribution in [-0.2, 0) is 17.4 Å². The van der Waals surface area contributed by atoms with Crippen LogP contribution in [0.5, 0.6) is 0 Å². The molecule has 1 aromatic rings. The van der Waals surface area contributed by atoms with Crippen molar-refractivity contribution in [3.8, 4) is 0 Å². The molecular weight excluding hydrogens is 311 g/mol. The van der Waals surface area contributed by atoms with Crippen molar-refractivity contribution in [2.24, 2.45) is 12.5 Å². The van der Waals surface area contributed by atoms with Crippen LogP contribution in [0.4, 0.5) is 13.2 Å². The van der Waals surface area contributed by atoms with Crippen LogP contribution in [0.2, 0.25) is 0 Å². The molecule has 1 aromatic heterocycles. The number of carbonyl (C=O) groups is 1. The molecule has 2 N–H and O–H groups in total. The van der Waals surface area contributed by atoms with Gasteiger partial charge < -0.3 is 15.0 Å². The number of amides is 1. The summed E-state index contributed by atoms with van der Waals surface area (Å²) in [6.07, 6.45) is 0.357. The first-order valence-corrected chi connectivity index (χ1v) is 7.61. The molecule has 1 fully saturated rings. The van der Waals surface area contributed by atoms with Crippen LogP contribution in [0.25, 0.3) is 0 Å². The second-order valence-corrected chi connectivity index (χ2v) is 6.69. The monoisotopic (exact) mass is 333 g/mol. The Kier molecular flexibility index (Phi) is 4.75. The van der Waals surface area contributed by atoms with Gasteiger partial charge in [-0.25, -0.2) is 4.98 Å². The number of aryl methyl sites for hydroxylation is 1. The zero-order valence-electron chi connectivity index (χ0n) is 13.3. The number of aliphatic hydroxyl groups is 1. The quantitative estimate of drug-likeness (QED) is 0.868. The van der Waals surface area contributed by atoms with Gasteiger partial charge in [-0.3, -0.25) is 4.79 Å². The Balaban J connectivity index is 2.09. The summed E-state index contributed by atoms with van der Waals surface area (Å²) in [6.45, 7) is 2.33. The third kappa shape index (κ3) is 3.68. The lowest BCUT2D eigenvalue weighted by atomic mass is 9.88. The molecule has 2 rings (SSSR count). The van der Waals surface area contributed by atoms with Gasteiger partial charge in [0.1, 0.15) is 0 Å². The van der Waals surface area contributed by atoms with E-state index < -0.39 is 29.9 Å². The lowest BCUT2D eigenvalue weighted by Crippen LogP contribution is -2.48. The second-order valence-electron chi connectivity index (χ2n) is 6.69. The maximum atomic E-state index is 13.3. The molecule has 0 radical (unpaired) electrons. The third-order valence-electron chi connectivity index (χ3n) is 4.60. The number of rotatable bonds is 5. The molecule has 1 heterocycles.